The summed E-state index contributed by atoms with van der Waals surface area (Å²) >= 11 is 0. The Bertz CT molecular complexity index is 797. The molecule has 2 aromatic heterocycles. The van der Waals surface area contributed by atoms with Gasteiger partial charge in [0.25, 0.3) is 0 Å². The van der Waals surface area contributed by atoms with E-state index in [1.165, 1.54) is 19.3 Å². The first-order valence-corrected chi connectivity index (χ1v) is 10.0. The molecular formula is C19H28N6O3. The number of hydrogen-bond acceptors (Lipinski definition) is 7. The minimum atomic E-state index is -0.156. The maximum absolute atomic E-state index is 13.2. The van der Waals surface area contributed by atoms with Gasteiger partial charge < -0.3 is 14.5 Å². The van der Waals surface area contributed by atoms with Crippen LogP contribution in [0, 0.1) is 6.92 Å². The van der Waals surface area contributed by atoms with Crippen LogP contribution in [0.4, 0.5) is 0 Å². The summed E-state index contributed by atoms with van der Waals surface area (Å²) in [6.07, 6.45) is 7.68. The molecular weight excluding hydrogens is 360 g/mol. The summed E-state index contributed by atoms with van der Waals surface area (Å²) < 4.78 is 12.7. The van der Waals surface area contributed by atoms with Gasteiger partial charge in [-0.15, -0.1) is 0 Å². The van der Waals surface area contributed by atoms with E-state index in [9.17, 15) is 4.79 Å². The van der Waals surface area contributed by atoms with E-state index in [1.807, 2.05) is 24.3 Å². The van der Waals surface area contributed by atoms with Gasteiger partial charge >= 0.3 is 0 Å². The molecule has 1 amide bonds. The average Bonchev–Trinajstić information content (AvgIpc) is 3.30. The molecule has 0 unspecified atom stereocenters. The van der Waals surface area contributed by atoms with E-state index in [0.29, 0.717) is 24.5 Å². The molecule has 2 aliphatic heterocycles. The molecule has 152 valence electrons. The van der Waals surface area contributed by atoms with Crippen LogP contribution in [-0.2, 0) is 23.0 Å². The van der Waals surface area contributed by atoms with Crippen molar-refractivity contribution in [1.82, 2.24) is 29.9 Å². The number of carbonyl (C=O) groups is 1. The molecule has 0 spiro atoms. The summed E-state index contributed by atoms with van der Waals surface area (Å²) in [5.74, 6) is 0.0135. The number of ether oxygens (including phenoxy) is 1. The average molecular weight is 388 g/mol. The fourth-order valence-electron chi connectivity index (χ4n) is 4.20. The molecule has 2 aromatic rings. The molecule has 9 nitrogen and oxygen atoms in total. The summed E-state index contributed by atoms with van der Waals surface area (Å²) in [6, 6.07) is -0.156. The van der Waals surface area contributed by atoms with E-state index in [2.05, 4.69) is 20.3 Å². The lowest BCUT2D eigenvalue weighted by Crippen LogP contribution is -2.52. The van der Waals surface area contributed by atoms with Gasteiger partial charge in [-0.2, -0.15) is 5.10 Å². The second-order valence-corrected chi connectivity index (χ2v) is 7.72. The maximum Gasteiger partial charge on any atom is 0.229 e. The Labute approximate surface area is 164 Å². The van der Waals surface area contributed by atoms with Crippen LogP contribution >= 0.6 is 0 Å². The van der Waals surface area contributed by atoms with Crippen molar-refractivity contribution in [2.45, 2.75) is 44.8 Å². The number of morpholine rings is 1. The highest BCUT2D eigenvalue weighted by molar-refractivity contribution is 5.79. The molecule has 0 N–H and O–H groups in total. The SMILES string of the molecule is Cc1nonc1CC(=O)N1CCO[C@@H](CN2CCCCC2)[C@@H]1c1cnn(C)c1. The molecule has 2 atom stereocenters. The molecule has 4 rings (SSSR count). The maximum atomic E-state index is 13.2. The first-order valence-electron chi connectivity index (χ1n) is 10.0. The number of nitrogens with zero attached hydrogens (tertiary/aromatic N) is 6. The van der Waals surface area contributed by atoms with E-state index in [-0.39, 0.29) is 24.5 Å². The number of hydrogen-bond donors (Lipinski definition) is 0. The zero-order valence-electron chi connectivity index (χ0n) is 16.6. The van der Waals surface area contributed by atoms with Crippen molar-refractivity contribution in [2.24, 2.45) is 7.05 Å². The summed E-state index contributed by atoms with van der Waals surface area (Å²) in [7, 11) is 1.89. The highest BCUT2D eigenvalue weighted by Gasteiger charge is 2.38. The fourth-order valence-corrected chi connectivity index (χ4v) is 4.20. The van der Waals surface area contributed by atoms with Crippen LogP contribution in [0.15, 0.2) is 17.0 Å². The van der Waals surface area contributed by atoms with Crippen LogP contribution in [-0.4, -0.2) is 74.7 Å². The van der Waals surface area contributed by atoms with E-state index in [4.69, 9.17) is 9.37 Å². The van der Waals surface area contributed by atoms with E-state index < -0.39 is 0 Å². The minimum absolute atomic E-state index is 0.0135. The third kappa shape index (κ3) is 4.10. The van der Waals surface area contributed by atoms with Crippen LogP contribution in [0.2, 0.25) is 0 Å². The molecule has 0 radical (unpaired) electrons. The van der Waals surface area contributed by atoms with Crippen LogP contribution < -0.4 is 0 Å². The third-order valence-corrected chi connectivity index (χ3v) is 5.69. The van der Waals surface area contributed by atoms with Crippen LogP contribution in [0.25, 0.3) is 0 Å². The zero-order chi connectivity index (χ0) is 19.5. The van der Waals surface area contributed by atoms with E-state index >= 15 is 0 Å². The lowest BCUT2D eigenvalue weighted by Gasteiger charge is -2.43. The number of aryl methyl sites for hydroxylation is 2. The smallest absolute Gasteiger partial charge is 0.229 e. The number of piperidine rings is 1. The van der Waals surface area contributed by atoms with Crippen molar-refractivity contribution in [3.05, 3.63) is 29.3 Å². The largest absolute Gasteiger partial charge is 0.373 e. The van der Waals surface area contributed by atoms with Gasteiger partial charge in [-0.1, -0.05) is 16.7 Å². The Hall–Kier alpha value is -2.26. The van der Waals surface area contributed by atoms with Gasteiger partial charge in [-0.25, -0.2) is 4.63 Å². The first kappa shape index (κ1) is 19.1. The monoisotopic (exact) mass is 388 g/mol. The van der Waals surface area contributed by atoms with Gasteiger partial charge in [-0.3, -0.25) is 9.48 Å². The zero-order valence-corrected chi connectivity index (χ0v) is 16.6. The second-order valence-electron chi connectivity index (χ2n) is 7.72. The van der Waals surface area contributed by atoms with Crippen LogP contribution in [0.5, 0.6) is 0 Å². The van der Waals surface area contributed by atoms with Crippen molar-refractivity contribution < 1.29 is 14.2 Å². The number of likely N-dealkylation sites (tertiary alicyclic amines) is 1. The molecule has 2 saturated heterocycles. The van der Waals surface area contributed by atoms with Gasteiger partial charge in [0.15, 0.2) is 0 Å². The third-order valence-electron chi connectivity index (χ3n) is 5.69. The second kappa shape index (κ2) is 8.40. The van der Waals surface area contributed by atoms with Gasteiger partial charge in [0.1, 0.15) is 11.4 Å². The van der Waals surface area contributed by atoms with E-state index in [1.54, 1.807) is 11.6 Å². The van der Waals surface area contributed by atoms with E-state index in [0.717, 1.165) is 25.2 Å². The fraction of sp³-hybridized carbons (Fsp3) is 0.684. The van der Waals surface area contributed by atoms with Crippen LogP contribution in [0.1, 0.15) is 42.3 Å². The molecule has 2 aliphatic rings. The number of carbonyl (C=O) groups excluding carboxylic acids is 1. The topological polar surface area (TPSA) is 89.5 Å². The van der Waals surface area contributed by atoms with Gasteiger partial charge in [0, 0.05) is 31.9 Å². The van der Waals surface area contributed by atoms with Gasteiger partial charge in [-0.05, 0) is 32.9 Å². The molecule has 0 saturated carbocycles. The van der Waals surface area contributed by atoms with Crippen LogP contribution in [0.3, 0.4) is 0 Å². The van der Waals surface area contributed by atoms with Crippen molar-refractivity contribution >= 4 is 5.91 Å². The number of amides is 1. The molecule has 4 heterocycles. The quantitative estimate of drug-likeness (QED) is 0.758. The van der Waals surface area contributed by atoms with Crippen molar-refractivity contribution in [3.63, 3.8) is 0 Å². The molecule has 0 bridgehead atoms. The molecule has 9 heteroatoms. The Kier molecular flexibility index (Phi) is 5.72. The lowest BCUT2D eigenvalue weighted by molar-refractivity contribution is -0.148. The predicted molar refractivity (Wildman–Crippen MR) is 100 cm³/mol. The Morgan fingerprint density at radius 3 is 2.71 bits per heavy atom. The molecule has 28 heavy (non-hydrogen) atoms. The highest BCUT2D eigenvalue weighted by atomic mass is 16.6. The molecule has 0 aromatic carbocycles. The minimum Gasteiger partial charge on any atom is -0.373 e. The Balaban J connectivity index is 1.56. The summed E-state index contributed by atoms with van der Waals surface area (Å²) in [6.45, 7) is 5.91. The van der Waals surface area contributed by atoms with Crippen molar-refractivity contribution in [3.8, 4) is 0 Å². The number of rotatable bonds is 5. The number of aromatic nitrogens is 4. The van der Waals surface area contributed by atoms with Gasteiger partial charge in [0.2, 0.25) is 5.91 Å². The Morgan fingerprint density at radius 1 is 1.21 bits per heavy atom. The van der Waals surface area contributed by atoms with Crippen molar-refractivity contribution in [1.29, 1.82) is 0 Å². The first-order chi connectivity index (χ1) is 13.6. The standard InChI is InChI=1S/C19H28N6O3/c1-14-16(22-28-21-14)10-18(26)25-8-9-27-17(13-24-6-4-3-5-7-24)19(25)15-11-20-23(2)12-15/h11-12,17,19H,3-10,13H2,1-2H3/t17-,19-/m0/s1. The summed E-state index contributed by atoms with van der Waals surface area (Å²) in [5.41, 5.74) is 2.26. The molecule has 0 aliphatic carbocycles. The normalized spacial score (nSPS) is 23.9. The Morgan fingerprint density at radius 2 is 2.04 bits per heavy atom. The molecule has 2 fully saturated rings. The van der Waals surface area contributed by atoms with Gasteiger partial charge in [0.05, 0.1) is 31.4 Å². The highest BCUT2D eigenvalue weighted by Crippen LogP contribution is 2.31. The predicted octanol–water partition coefficient (Wildman–Crippen LogP) is 1.11. The van der Waals surface area contributed by atoms with Crippen molar-refractivity contribution in [2.75, 3.05) is 32.8 Å². The summed E-state index contributed by atoms with van der Waals surface area (Å²) in [4.78, 5) is 17.5. The lowest BCUT2D eigenvalue weighted by atomic mass is 9.98. The summed E-state index contributed by atoms with van der Waals surface area (Å²) in [5, 5.41) is 12.0.